The first-order valence-electron chi connectivity index (χ1n) is 30.3. The highest BCUT2D eigenvalue weighted by Gasteiger charge is 2.24. The van der Waals surface area contributed by atoms with Crippen LogP contribution in [0.4, 0.5) is 34.1 Å². The molecule has 2 aliphatic carbocycles. The molecule has 0 bridgehead atoms. The highest BCUT2D eigenvalue weighted by Crippen LogP contribution is 2.47. The molecule has 0 saturated heterocycles. The van der Waals surface area contributed by atoms with E-state index < -0.39 is 0 Å². The highest BCUT2D eigenvalue weighted by molar-refractivity contribution is 6.18. The van der Waals surface area contributed by atoms with Crippen molar-refractivity contribution in [1.29, 1.82) is 0 Å². The zero-order chi connectivity index (χ0) is 55.0. The minimum atomic E-state index is 0.621. The fraction of sp³-hybridized carbons (Fsp3) is 0.154. The predicted molar refractivity (Wildman–Crippen MR) is 349 cm³/mol. The summed E-state index contributed by atoms with van der Waals surface area (Å²) < 4.78 is 27.3. The van der Waals surface area contributed by atoms with Crippen LogP contribution in [0.3, 0.4) is 0 Å². The number of benzene rings is 12. The zero-order valence-electron chi connectivity index (χ0n) is 46.5. The van der Waals surface area contributed by atoms with E-state index in [1.165, 1.54) is 86.1 Å². The van der Waals surface area contributed by atoms with Gasteiger partial charge in [-0.25, -0.2) is 0 Å². The van der Waals surface area contributed by atoms with E-state index in [0.717, 1.165) is 143 Å². The van der Waals surface area contributed by atoms with Crippen LogP contribution >= 0.6 is 0 Å². The van der Waals surface area contributed by atoms with E-state index in [0.29, 0.717) is 11.8 Å². The lowest BCUT2D eigenvalue weighted by Gasteiger charge is -2.27. The lowest BCUT2D eigenvalue weighted by Crippen LogP contribution is -2.10. The number of rotatable bonds is 8. The second kappa shape index (κ2) is 18.9. The third-order valence-electron chi connectivity index (χ3n) is 19.2. The number of hydrogen-bond acceptors (Lipinski definition) is 6. The molecule has 6 nitrogen and oxygen atoms in total. The quantitative estimate of drug-likeness (QED) is 0.151. The van der Waals surface area contributed by atoms with Gasteiger partial charge in [0, 0.05) is 112 Å². The molecule has 0 amide bonds. The van der Waals surface area contributed by atoms with Crippen LogP contribution in [0.25, 0.3) is 120 Å². The van der Waals surface area contributed by atoms with Gasteiger partial charge in [0.2, 0.25) is 0 Å². The molecular weight excluding hydrogens is 1030 g/mol. The van der Waals surface area contributed by atoms with Crippen LogP contribution in [0.15, 0.2) is 236 Å². The first-order valence-corrected chi connectivity index (χ1v) is 30.3. The Labute approximate surface area is 484 Å². The van der Waals surface area contributed by atoms with E-state index in [1.54, 1.807) is 0 Å². The maximum absolute atomic E-state index is 6.90. The third kappa shape index (κ3) is 7.69. The molecular formula is C78H58N2O4. The van der Waals surface area contributed by atoms with Crippen molar-refractivity contribution in [2.45, 2.75) is 76.0 Å². The second-order valence-electron chi connectivity index (χ2n) is 24.0. The summed E-state index contributed by atoms with van der Waals surface area (Å²) in [5.41, 5.74) is 16.1. The van der Waals surface area contributed by atoms with Gasteiger partial charge in [0.15, 0.2) is 0 Å². The summed E-state index contributed by atoms with van der Waals surface area (Å²) in [6, 6.07) is 79.9. The first kappa shape index (κ1) is 47.8. The van der Waals surface area contributed by atoms with Gasteiger partial charge in [-0.05, 0) is 179 Å². The van der Waals surface area contributed by atoms with Gasteiger partial charge in [-0.2, -0.15) is 0 Å². The van der Waals surface area contributed by atoms with Gasteiger partial charge < -0.3 is 27.5 Å². The van der Waals surface area contributed by atoms with Crippen molar-refractivity contribution >= 4 is 154 Å². The summed E-state index contributed by atoms with van der Waals surface area (Å²) in [4.78, 5) is 4.69. The molecule has 0 unspecified atom stereocenters. The summed E-state index contributed by atoms with van der Waals surface area (Å²) in [6.07, 6.45) is 13.0. The van der Waals surface area contributed by atoms with E-state index in [1.807, 2.05) is 0 Å². The van der Waals surface area contributed by atoms with Crippen LogP contribution in [0.2, 0.25) is 0 Å². The molecule has 4 aromatic heterocycles. The van der Waals surface area contributed by atoms with Gasteiger partial charge in [-0.1, -0.05) is 123 Å². The van der Waals surface area contributed by atoms with Gasteiger partial charge in [-0.15, -0.1) is 0 Å². The molecule has 2 saturated carbocycles. The Morgan fingerprint density at radius 3 is 0.976 bits per heavy atom. The summed E-state index contributed by atoms with van der Waals surface area (Å²) >= 11 is 0. The molecule has 2 aliphatic rings. The van der Waals surface area contributed by atoms with Crippen LogP contribution in [0, 0.1) is 0 Å². The normalized spacial score (nSPS) is 14.8. The minimum Gasteiger partial charge on any atom is -0.456 e. The minimum absolute atomic E-state index is 0.621. The molecule has 18 rings (SSSR count). The summed E-state index contributed by atoms with van der Waals surface area (Å²) in [5, 5.41) is 15.5. The molecule has 2 fully saturated rings. The monoisotopic (exact) mass is 1090 g/mol. The van der Waals surface area contributed by atoms with Gasteiger partial charge >= 0.3 is 0 Å². The van der Waals surface area contributed by atoms with E-state index in [-0.39, 0.29) is 0 Å². The van der Waals surface area contributed by atoms with Crippen LogP contribution in [-0.2, 0) is 0 Å². The molecule has 0 atom stereocenters. The molecule has 0 radical (unpaired) electrons. The van der Waals surface area contributed by atoms with Crippen molar-refractivity contribution in [3.05, 3.63) is 230 Å². The molecule has 16 aromatic rings. The van der Waals surface area contributed by atoms with E-state index in [4.69, 9.17) is 17.7 Å². The number of furan rings is 4. The first-order chi connectivity index (χ1) is 41.6. The van der Waals surface area contributed by atoms with Gasteiger partial charge in [0.05, 0.1) is 0 Å². The van der Waals surface area contributed by atoms with Crippen molar-refractivity contribution in [2.24, 2.45) is 0 Å². The summed E-state index contributed by atoms with van der Waals surface area (Å²) in [5.74, 6) is 1.24. The predicted octanol–water partition coefficient (Wildman–Crippen LogP) is 23.8. The van der Waals surface area contributed by atoms with E-state index in [2.05, 4.69) is 228 Å². The standard InChI is InChI=1S/C78H58N2O4/c1-3-11-47(12-4-1)49-19-25-55(26-20-49)79(59-29-35-63-67-33-23-51-15-7-9-17-61(51)77(67)83-75(63)45-59)57-31-37-65-69-39-53-42-72-70(40-54(53)41-71(69)81-73(65)43-57)66-38-32-58(44-74(66)82-72)80(56-27-21-50(22-28-56)48-13-5-2-6-14-48)60-30-36-64-68-34-24-52-16-8-10-18-62(52)78(68)84-76(64)46-60/h7-10,15-48H,1-6,11-14H2. The Balaban J connectivity index is 0.722. The molecule has 12 aromatic carbocycles. The molecule has 4 heterocycles. The molecule has 0 N–H and O–H groups in total. The van der Waals surface area contributed by atoms with Gasteiger partial charge in [0.25, 0.3) is 0 Å². The number of nitrogens with zero attached hydrogens (tertiary/aromatic N) is 2. The Bertz CT molecular complexity index is 4960. The highest BCUT2D eigenvalue weighted by atomic mass is 16.3. The summed E-state index contributed by atoms with van der Waals surface area (Å²) in [6.45, 7) is 0. The van der Waals surface area contributed by atoms with Crippen molar-refractivity contribution in [3.63, 3.8) is 0 Å². The Hall–Kier alpha value is -9.78. The number of hydrogen-bond donors (Lipinski definition) is 0. The average molecular weight is 1090 g/mol. The topological polar surface area (TPSA) is 59.0 Å². The largest absolute Gasteiger partial charge is 0.456 e. The van der Waals surface area contributed by atoms with Crippen molar-refractivity contribution in [3.8, 4) is 0 Å². The lowest BCUT2D eigenvalue weighted by atomic mass is 9.84. The van der Waals surface area contributed by atoms with Gasteiger partial charge in [-0.3, -0.25) is 0 Å². The maximum Gasteiger partial charge on any atom is 0.143 e. The van der Waals surface area contributed by atoms with E-state index >= 15 is 0 Å². The Morgan fingerprint density at radius 2 is 0.571 bits per heavy atom. The smallest absolute Gasteiger partial charge is 0.143 e. The Kier molecular flexibility index (Phi) is 10.7. The molecule has 0 spiro atoms. The van der Waals surface area contributed by atoms with Crippen LogP contribution in [0.5, 0.6) is 0 Å². The number of anilines is 6. The molecule has 0 aliphatic heterocycles. The zero-order valence-corrected chi connectivity index (χ0v) is 46.5. The van der Waals surface area contributed by atoms with Crippen molar-refractivity contribution in [2.75, 3.05) is 9.80 Å². The lowest BCUT2D eigenvalue weighted by molar-refractivity contribution is 0.443. The fourth-order valence-corrected chi connectivity index (χ4v) is 14.9. The molecule has 84 heavy (non-hydrogen) atoms. The van der Waals surface area contributed by atoms with Crippen LogP contribution < -0.4 is 9.80 Å². The molecule has 404 valence electrons. The van der Waals surface area contributed by atoms with Crippen LogP contribution in [-0.4, -0.2) is 0 Å². The third-order valence-corrected chi connectivity index (χ3v) is 19.2. The molecule has 6 heteroatoms. The fourth-order valence-electron chi connectivity index (χ4n) is 14.9. The van der Waals surface area contributed by atoms with Crippen molar-refractivity contribution in [1.82, 2.24) is 0 Å². The second-order valence-corrected chi connectivity index (χ2v) is 24.0. The SMILES string of the molecule is c1ccc2c(c1)ccc1c3ccc(N(c4ccc(C5CCCCC5)cc4)c4ccc5c(c4)oc4cc6cc7c(cc6cc45)oc4cc(N(c5ccc(C6CCCCC6)cc5)c5ccc6c(c5)oc5c8ccccc8ccc65)ccc47)cc3oc21. The Morgan fingerprint density at radius 1 is 0.238 bits per heavy atom. The van der Waals surface area contributed by atoms with Gasteiger partial charge in [0.1, 0.15) is 44.7 Å². The van der Waals surface area contributed by atoms with Crippen LogP contribution in [0.1, 0.15) is 87.2 Å². The number of fused-ring (bicyclic) bond motifs is 17. The van der Waals surface area contributed by atoms with E-state index in [9.17, 15) is 0 Å². The average Bonchev–Trinajstić information content (AvgIpc) is 2.59. The maximum atomic E-state index is 6.90. The van der Waals surface area contributed by atoms with Crippen molar-refractivity contribution < 1.29 is 17.7 Å². The summed E-state index contributed by atoms with van der Waals surface area (Å²) in [7, 11) is 0.